The fourth-order valence-electron chi connectivity index (χ4n) is 7.18. The van der Waals surface area contributed by atoms with Crippen LogP contribution in [-0.4, -0.2) is 24.9 Å². The van der Waals surface area contributed by atoms with Crippen LogP contribution in [-0.2, 0) is 0 Å². The standard InChI is InChI=1S/C51H33N5/c1-3-15-36(16-4-1)46-33-47(53-48(52-46)37-17-5-2-6-18-37)42-23-11-21-40(29-42)41-22-12-24-43(32-41)49-54-50(44-27-25-34-13-7-9-19-38(34)30-44)56-51(55-49)45-28-26-35-14-8-10-20-39(35)31-45/h1-33H. The highest BCUT2D eigenvalue weighted by atomic mass is 15.0. The van der Waals surface area contributed by atoms with Crippen molar-refractivity contribution < 1.29 is 0 Å². The lowest BCUT2D eigenvalue weighted by molar-refractivity contribution is 1.08. The van der Waals surface area contributed by atoms with Crippen LogP contribution in [0.2, 0.25) is 0 Å². The number of rotatable bonds is 7. The van der Waals surface area contributed by atoms with Gasteiger partial charge in [-0.25, -0.2) is 24.9 Å². The Kier molecular flexibility index (Phi) is 8.43. The van der Waals surface area contributed by atoms with E-state index in [-0.39, 0.29) is 0 Å². The molecule has 0 fully saturated rings. The molecule has 10 rings (SSSR count). The molecular formula is C51H33N5. The van der Waals surface area contributed by atoms with Gasteiger partial charge < -0.3 is 0 Å². The van der Waals surface area contributed by atoms with Gasteiger partial charge in [0.15, 0.2) is 23.3 Å². The molecule has 5 nitrogen and oxygen atoms in total. The van der Waals surface area contributed by atoms with Gasteiger partial charge in [-0.15, -0.1) is 0 Å². The maximum absolute atomic E-state index is 5.11. The lowest BCUT2D eigenvalue weighted by Crippen LogP contribution is -2.00. The van der Waals surface area contributed by atoms with E-state index in [4.69, 9.17) is 24.9 Å². The zero-order valence-electron chi connectivity index (χ0n) is 30.3. The number of nitrogens with zero attached hydrogens (tertiary/aromatic N) is 5. The van der Waals surface area contributed by atoms with E-state index in [0.717, 1.165) is 66.7 Å². The zero-order chi connectivity index (χ0) is 37.3. The van der Waals surface area contributed by atoms with E-state index in [1.54, 1.807) is 0 Å². The molecule has 5 heteroatoms. The molecule has 56 heavy (non-hydrogen) atoms. The van der Waals surface area contributed by atoms with Crippen LogP contribution >= 0.6 is 0 Å². The molecule has 0 radical (unpaired) electrons. The van der Waals surface area contributed by atoms with Gasteiger partial charge in [-0.2, -0.15) is 0 Å². The summed E-state index contributed by atoms with van der Waals surface area (Å²) in [4.78, 5) is 25.3. The van der Waals surface area contributed by atoms with Gasteiger partial charge in [-0.05, 0) is 63.0 Å². The van der Waals surface area contributed by atoms with E-state index >= 15 is 0 Å². The van der Waals surface area contributed by atoms with Crippen LogP contribution in [0.3, 0.4) is 0 Å². The Morgan fingerprint density at radius 1 is 0.196 bits per heavy atom. The van der Waals surface area contributed by atoms with Crippen LogP contribution in [0.4, 0.5) is 0 Å². The first kappa shape index (κ1) is 33.0. The van der Waals surface area contributed by atoms with Crippen molar-refractivity contribution in [1.82, 2.24) is 24.9 Å². The molecule has 0 N–H and O–H groups in total. The maximum Gasteiger partial charge on any atom is 0.164 e. The van der Waals surface area contributed by atoms with Crippen molar-refractivity contribution in [2.45, 2.75) is 0 Å². The highest BCUT2D eigenvalue weighted by molar-refractivity contribution is 5.88. The average molecular weight is 716 g/mol. The Labute approximate surface area is 324 Å². The second-order valence-electron chi connectivity index (χ2n) is 13.8. The normalized spacial score (nSPS) is 11.2. The van der Waals surface area contributed by atoms with Crippen molar-refractivity contribution >= 4 is 21.5 Å². The predicted octanol–water partition coefficient (Wildman–Crippen LogP) is 12.6. The van der Waals surface area contributed by atoms with Crippen molar-refractivity contribution in [2.75, 3.05) is 0 Å². The van der Waals surface area contributed by atoms with E-state index in [1.807, 2.05) is 48.5 Å². The first-order valence-electron chi connectivity index (χ1n) is 18.7. The van der Waals surface area contributed by atoms with Gasteiger partial charge in [-0.1, -0.05) is 170 Å². The quantitative estimate of drug-likeness (QED) is 0.164. The molecule has 0 unspecified atom stereocenters. The molecule has 2 aromatic heterocycles. The minimum Gasteiger partial charge on any atom is -0.228 e. The summed E-state index contributed by atoms with van der Waals surface area (Å²) in [5.41, 5.74) is 9.63. The summed E-state index contributed by atoms with van der Waals surface area (Å²) in [6, 6.07) is 68.9. The molecule has 0 amide bonds. The summed E-state index contributed by atoms with van der Waals surface area (Å²) in [5.74, 6) is 2.56. The monoisotopic (exact) mass is 715 g/mol. The third kappa shape index (κ3) is 6.59. The van der Waals surface area contributed by atoms with Crippen molar-refractivity contribution in [3.8, 4) is 79.2 Å². The molecule has 0 saturated heterocycles. The Morgan fingerprint density at radius 3 is 1.12 bits per heavy atom. The highest BCUT2D eigenvalue weighted by Crippen LogP contribution is 2.33. The molecule has 0 atom stereocenters. The van der Waals surface area contributed by atoms with Crippen molar-refractivity contribution in [2.24, 2.45) is 0 Å². The van der Waals surface area contributed by atoms with E-state index in [9.17, 15) is 0 Å². The number of fused-ring (bicyclic) bond motifs is 2. The minimum atomic E-state index is 0.611. The van der Waals surface area contributed by atoms with Crippen LogP contribution in [0.5, 0.6) is 0 Å². The molecule has 0 bridgehead atoms. The SMILES string of the molecule is c1ccc(-c2cc(-c3cccc(-c4cccc(-c5nc(-c6ccc7ccccc7c6)nc(-c6ccc7ccccc7c6)n5)c4)c3)nc(-c3ccccc3)n2)cc1. The Bertz CT molecular complexity index is 2880. The Morgan fingerprint density at radius 2 is 0.571 bits per heavy atom. The summed E-state index contributed by atoms with van der Waals surface area (Å²) in [5, 5.41) is 4.61. The van der Waals surface area contributed by atoms with Crippen LogP contribution in [0.15, 0.2) is 200 Å². The molecule has 2 heterocycles. The fraction of sp³-hybridized carbons (Fsp3) is 0. The smallest absolute Gasteiger partial charge is 0.164 e. The van der Waals surface area contributed by atoms with Crippen LogP contribution in [0.1, 0.15) is 0 Å². The average Bonchev–Trinajstić information content (AvgIpc) is 3.29. The summed E-state index contributed by atoms with van der Waals surface area (Å²) >= 11 is 0. The molecule has 0 aliphatic carbocycles. The molecule has 0 aliphatic heterocycles. The molecule has 0 aliphatic rings. The summed E-state index contributed by atoms with van der Waals surface area (Å²) < 4.78 is 0. The van der Waals surface area contributed by atoms with Gasteiger partial charge in [0, 0.05) is 33.4 Å². The van der Waals surface area contributed by atoms with Crippen molar-refractivity contribution in [1.29, 1.82) is 0 Å². The van der Waals surface area contributed by atoms with Crippen LogP contribution in [0.25, 0.3) is 101 Å². The zero-order valence-corrected chi connectivity index (χ0v) is 30.3. The summed E-state index contributed by atoms with van der Waals surface area (Å²) in [6.45, 7) is 0. The predicted molar refractivity (Wildman–Crippen MR) is 228 cm³/mol. The fourth-order valence-corrected chi connectivity index (χ4v) is 7.18. The number of hydrogen-bond donors (Lipinski definition) is 0. The third-order valence-electron chi connectivity index (χ3n) is 10.1. The Balaban J connectivity index is 1.07. The summed E-state index contributed by atoms with van der Waals surface area (Å²) in [6.07, 6.45) is 0. The third-order valence-corrected chi connectivity index (χ3v) is 10.1. The lowest BCUT2D eigenvalue weighted by atomic mass is 9.99. The number of aromatic nitrogens is 5. The van der Waals surface area contributed by atoms with E-state index in [1.165, 1.54) is 10.8 Å². The van der Waals surface area contributed by atoms with E-state index in [2.05, 4.69) is 152 Å². The van der Waals surface area contributed by atoms with Crippen molar-refractivity contribution in [3.63, 3.8) is 0 Å². The second-order valence-corrected chi connectivity index (χ2v) is 13.8. The van der Waals surface area contributed by atoms with Gasteiger partial charge in [0.25, 0.3) is 0 Å². The van der Waals surface area contributed by atoms with Gasteiger partial charge in [-0.3, -0.25) is 0 Å². The molecule has 262 valence electrons. The molecular weight excluding hydrogens is 683 g/mol. The van der Waals surface area contributed by atoms with Gasteiger partial charge >= 0.3 is 0 Å². The second kappa shape index (κ2) is 14.3. The highest BCUT2D eigenvalue weighted by Gasteiger charge is 2.15. The largest absolute Gasteiger partial charge is 0.228 e. The maximum atomic E-state index is 5.11. The number of hydrogen-bond acceptors (Lipinski definition) is 5. The van der Waals surface area contributed by atoms with E-state index < -0.39 is 0 Å². The first-order valence-corrected chi connectivity index (χ1v) is 18.7. The van der Waals surface area contributed by atoms with Gasteiger partial charge in [0.05, 0.1) is 11.4 Å². The van der Waals surface area contributed by atoms with Gasteiger partial charge in [0.2, 0.25) is 0 Å². The topological polar surface area (TPSA) is 64.5 Å². The Hall–Kier alpha value is -7.63. The summed E-state index contributed by atoms with van der Waals surface area (Å²) in [7, 11) is 0. The van der Waals surface area contributed by atoms with Crippen LogP contribution in [0, 0.1) is 0 Å². The minimum absolute atomic E-state index is 0.611. The molecule has 0 saturated carbocycles. The van der Waals surface area contributed by atoms with Crippen molar-refractivity contribution in [3.05, 3.63) is 200 Å². The first-order chi connectivity index (χ1) is 27.7. The molecule has 10 aromatic rings. The molecule has 0 spiro atoms. The van der Waals surface area contributed by atoms with Gasteiger partial charge in [0.1, 0.15) is 0 Å². The van der Waals surface area contributed by atoms with Crippen LogP contribution < -0.4 is 0 Å². The number of benzene rings is 8. The lowest BCUT2D eigenvalue weighted by Gasteiger charge is -2.12. The molecule has 8 aromatic carbocycles. The van der Waals surface area contributed by atoms with E-state index in [0.29, 0.717) is 23.3 Å².